The highest BCUT2D eigenvalue weighted by atomic mass is 32.2. The van der Waals surface area contributed by atoms with Crippen molar-refractivity contribution in [2.45, 2.75) is 31.1 Å². The second-order valence-corrected chi connectivity index (χ2v) is 9.78. The van der Waals surface area contributed by atoms with E-state index in [2.05, 4.69) is 12.1 Å². The van der Waals surface area contributed by atoms with Crippen molar-refractivity contribution in [3.05, 3.63) is 65.2 Å². The monoisotopic (exact) mass is 428 g/mol. The van der Waals surface area contributed by atoms with Gasteiger partial charge in [-0.25, -0.2) is 8.42 Å². The van der Waals surface area contributed by atoms with Gasteiger partial charge in [-0.1, -0.05) is 36.4 Å². The molecule has 0 saturated carbocycles. The van der Waals surface area contributed by atoms with Gasteiger partial charge in [0, 0.05) is 44.4 Å². The highest BCUT2D eigenvalue weighted by molar-refractivity contribution is 7.90. The maximum Gasteiger partial charge on any atom is 0.254 e. The molecule has 2 aromatic carbocycles. The van der Waals surface area contributed by atoms with Gasteiger partial charge in [0.05, 0.1) is 4.90 Å². The molecule has 1 saturated heterocycles. The van der Waals surface area contributed by atoms with Crippen molar-refractivity contribution in [1.29, 1.82) is 0 Å². The average molecular weight is 429 g/mol. The lowest BCUT2D eigenvalue weighted by Crippen LogP contribution is -2.50. The number of hydrogen-bond donors (Lipinski definition) is 0. The first kappa shape index (κ1) is 22.0. The summed E-state index contributed by atoms with van der Waals surface area (Å²) in [7, 11) is -3.38. The first-order valence-electron chi connectivity index (χ1n) is 10.2. The van der Waals surface area contributed by atoms with Crippen LogP contribution in [0, 0.1) is 6.92 Å². The minimum atomic E-state index is -3.38. The van der Waals surface area contributed by atoms with E-state index in [1.54, 1.807) is 17.9 Å². The fourth-order valence-electron chi connectivity index (χ4n) is 3.64. The Morgan fingerprint density at radius 2 is 1.57 bits per heavy atom. The lowest BCUT2D eigenvalue weighted by atomic mass is 10.1. The molecule has 0 spiro atoms. The topological polar surface area (TPSA) is 74.8 Å². The number of nitrogens with zero attached hydrogens (tertiary/aromatic N) is 2. The summed E-state index contributed by atoms with van der Waals surface area (Å²) in [6, 6.07) is 14.7. The third kappa shape index (κ3) is 5.48. The van der Waals surface area contributed by atoms with Crippen molar-refractivity contribution >= 4 is 21.7 Å². The van der Waals surface area contributed by atoms with E-state index >= 15 is 0 Å². The van der Waals surface area contributed by atoms with E-state index in [1.807, 2.05) is 23.1 Å². The Morgan fingerprint density at radius 1 is 0.933 bits per heavy atom. The van der Waals surface area contributed by atoms with E-state index in [1.165, 1.54) is 17.7 Å². The molecule has 0 radical (unpaired) electrons. The second-order valence-electron chi connectivity index (χ2n) is 7.76. The Labute approximate surface area is 178 Å². The van der Waals surface area contributed by atoms with Crippen molar-refractivity contribution in [3.8, 4) is 0 Å². The van der Waals surface area contributed by atoms with E-state index < -0.39 is 9.84 Å². The van der Waals surface area contributed by atoms with Gasteiger partial charge in [0.2, 0.25) is 5.91 Å². The number of aryl methyl sites for hydroxylation is 2. The molecule has 1 fully saturated rings. The van der Waals surface area contributed by atoms with Gasteiger partial charge in [0.1, 0.15) is 0 Å². The van der Waals surface area contributed by atoms with Crippen LogP contribution >= 0.6 is 0 Å². The van der Waals surface area contributed by atoms with Crippen LogP contribution in [0.25, 0.3) is 0 Å². The number of rotatable bonds is 6. The number of hydrogen-bond acceptors (Lipinski definition) is 4. The van der Waals surface area contributed by atoms with E-state index in [0.29, 0.717) is 38.2 Å². The Balaban J connectivity index is 1.54. The highest BCUT2D eigenvalue weighted by Crippen LogP contribution is 2.19. The summed E-state index contributed by atoms with van der Waals surface area (Å²) in [6.45, 7) is 3.70. The lowest BCUT2D eigenvalue weighted by molar-refractivity contribution is -0.132. The van der Waals surface area contributed by atoms with Crippen LogP contribution in [0.1, 0.15) is 34.3 Å². The molecule has 2 aromatic rings. The van der Waals surface area contributed by atoms with Crippen molar-refractivity contribution in [1.82, 2.24) is 9.80 Å². The first-order valence-corrected chi connectivity index (χ1v) is 12.1. The second kappa shape index (κ2) is 9.43. The molecule has 0 aliphatic carbocycles. The third-order valence-electron chi connectivity index (χ3n) is 5.49. The number of amides is 2. The highest BCUT2D eigenvalue weighted by Gasteiger charge is 2.26. The molecule has 2 amide bonds. The van der Waals surface area contributed by atoms with Gasteiger partial charge >= 0.3 is 0 Å². The molecule has 0 aromatic heterocycles. The SMILES string of the molecule is Cc1ccc(S(C)(=O)=O)cc1C(=O)N1CCN(C(=O)CCCc2ccccc2)CC1. The first-order chi connectivity index (χ1) is 14.3. The summed E-state index contributed by atoms with van der Waals surface area (Å²) in [4.78, 5) is 29.1. The average Bonchev–Trinajstić information content (AvgIpc) is 2.73. The van der Waals surface area contributed by atoms with E-state index in [-0.39, 0.29) is 16.7 Å². The molecule has 1 aliphatic heterocycles. The molecular formula is C23H28N2O4S. The lowest BCUT2D eigenvalue weighted by Gasteiger charge is -2.35. The Morgan fingerprint density at radius 3 is 2.20 bits per heavy atom. The zero-order chi connectivity index (χ0) is 21.7. The molecule has 160 valence electrons. The van der Waals surface area contributed by atoms with Crippen LogP contribution in [0.5, 0.6) is 0 Å². The molecule has 7 heteroatoms. The van der Waals surface area contributed by atoms with Crippen molar-refractivity contribution < 1.29 is 18.0 Å². The van der Waals surface area contributed by atoms with Crippen molar-refractivity contribution in [2.24, 2.45) is 0 Å². The standard InChI is InChI=1S/C23H28N2O4S/c1-18-11-12-20(30(2,28)29)17-21(18)23(27)25-15-13-24(14-16-25)22(26)10-6-9-19-7-4-3-5-8-19/h3-5,7-8,11-12,17H,6,9-10,13-16H2,1-2H3. The van der Waals surface area contributed by atoms with Crippen LogP contribution in [0.2, 0.25) is 0 Å². The molecule has 0 atom stereocenters. The summed E-state index contributed by atoms with van der Waals surface area (Å²) in [5.41, 5.74) is 2.37. The Bertz CT molecular complexity index is 1010. The minimum Gasteiger partial charge on any atom is -0.339 e. The fraction of sp³-hybridized carbons (Fsp3) is 0.391. The smallest absolute Gasteiger partial charge is 0.254 e. The summed E-state index contributed by atoms with van der Waals surface area (Å²) in [5.74, 6) is -0.0672. The summed E-state index contributed by atoms with van der Waals surface area (Å²) < 4.78 is 23.6. The predicted molar refractivity (Wildman–Crippen MR) is 116 cm³/mol. The van der Waals surface area contributed by atoms with Gasteiger partial charge in [-0.05, 0) is 43.0 Å². The Kier molecular flexibility index (Phi) is 6.92. The van der Waals surface area contributed by atoms with Crippen LogP contribution < -0.4 is 0 Å². The summed E-state index contributed by atoms with van der Waals surface area (Å²) >= 11 is 0. The van der Waals surface area contributed by atoms with Crippen molar-refractivity contribution in [2.75, 3.05) is 32.4 Å². The summed E-state index contributed by atoms with van der Waals surface area (Å²) in [6.07, 6.45) is 3.31. The van der Waals surface area contributed by atoms with E-state index in [4.69, 9.17) is 0 Å². The third-order valence-corrected chi connectivity index (χ3v) is 6.60. The summed E-state index contributed by atoms with van der Waals surface area (Å²) in [5, 5.41) is 0. The number of carbonyl (C=O) groups is 2. The van der Waals surface area contributed by atoms with Crippen LogP contribution in [0.3, 0.4) is 0 Å². The Hall–Kier alpha value is -2.67. The zero-order valence-electron chi connectivity index (χ0n) is 17.5. The van der Waals surface area contributed by atoms with Crippen LogP contribution in [0.4, 0.5) is 0 Å². The van der Waals surface area contributed by atoms with E-state index in [0.717, 1.165) is 24.7 Å². The van der Waals surface area contributed by atoms with Crippen LogP contribution in [-0.4, -0.2) is 62.5 Å². The number of sulfone groups is 1. The fourth-order valence-corrected chi connectivity index (χ4v) is 4.29. The maximum atomic E-state index is 12.9. The van der Waals surface area contributed by atoms with Crippen LogP contribution in [-0.2, 0) is 21.1 Å². The normalized spacial score (nSPS) is 14.6. The molecule has 6 nitrogen and oxygen atoms in total. The number of benzene rings is 2. The zero-order valence-corrected chi connectivity index (χ0v) is 18.3. The van der Waals surface area contributed by atoms with Gasteiger partial charge in [-0.3, -0.25) is 9.59 Å². The molecule has 1 aliphatic rings. The minimum absolute atomic E-state index is 0.119. The molecule has 30 heavy (non-hydrogen) atoms. The van der Waals surface area contributed by atoms with Gasteiger partial charge in [-0.2, -0.15) is 0 Å². The molecule has 0 N–H and O–H groups in total. The molecule has 0 bridgehead atoms. The molecule has 3 rings (SSSR count). The van der Waals surface area contributed by atoms with Gasteiger partial charge in [0.15, 0.2) is 9.84 Å². The van der Waals surface area contributed by atoms with Gasteiger partial charge < -0.3 is 9.80 Å². The van der Waals surface area contributed by atoms with Gasteiger partial charge in [0.25, 0.3) is 5.91 Å². The van der Waals surface area contributed by atoms with Gasteiger partial charge in [-0.15, -0.1) is 0 Å². The molecular weight excluding hydrogens is 400 g/mol. The molecule has 0 unspecified atom stereocenters. The number of piperazine rings is 1. The predicted octanol–water partition coefficient (Wildman–Crippen LogP) is 2.71. The van der Waals surface area contributed by atoms with Crippen molar-refractivity contribution in [3.63, 3.8) is 0 Å². The van der Waals surface area contributed by atoms with Crippen LogP contribution in [0.15, 0.2) is 53.4 Å². The number of carbonyl (C=O) groups excluding carboxylic acids is 2. The molecule has 1 heterocycles. The quantitative estimate of drug-likeness (QED) is 0.709. The largest absolute Gasteiger partial charge is 0.339 e. The van der Waals surface area contributed by atoms with E-state index in [9.17, 15) is 18.0 Å². The maximum absolute atomic E-state index is 12.9.